The predicted molar refractivity (Wildman–Crippen MR) is 88.6 cm³/mol. The maximum absolute atomic E-state index is 12.7. The minimum atomic E-state index is -3.56. The Morgan fingerprint density at radius 1 is 1.38 bits per heavy atom. The Bertz CT molecular complexity index is 617. The quantitative estimate of drug-likeness (QED) is 0.889. The third-order valence-corrected chi connectivity index (χ3v) is 6.31. The van der Waals surface area contributed by atoms with Crippen molar-refractivity contribution in [3.05, 3.63) is 28.8 Å². The maximum atomic E-state index is 12.7. The lowest BCUT2D eigenvalue weighted by molar-refractivity contribution is 0.155. The summed E-state index contributed by atoms with van der Waals surface area (Å²) in [6, 6.07) is 5.03. The Morgan fingerprint density at radius 3 is 2.52 bits per heavy atom. The topological polar surface area (TPSA) is 63.4 Å². The summed E-state index contributed by atoms with van der Waals surface area (Å²) in [5, 5.41) is 0.276. The molecule has 7 heteroatoms. The van der Waals surface area contributed by atoms with E-state index in [-0.39, 0.29) is 33.8 Å². The molecule has 1 atom stereocenters. The molecule has 1 aliphatic rings. The third-order valence-electron chi connectivity index (χ3n) is 3.98. The van der Waals surface area contributed by atoms with Gasteiger partial charge in [-0.3, -0.25) is 0 Å². The van der Waals surface area contributed by atoms with Crippen molar-refractivity contribution in [3.8, 4) is 0 Å². The van der Waals surface area contributed by atoms with E-state index in [9.17, 15) is 8.42 Å². The van der Waals surface area contributed by atoms with Crippen molar-refractivity contribution in [1.82, 2.24) is 4.31 Å². The summed E-state index contributed by atoms with van der Waals surface area (Å²) in [6.07, 6.45) is 0.662. The average Bonchev–Trinajstić information content (AvgIpc) is 2.31. The second-order valence-electron chi connectivity index (χ2n) is 6.16. The summed E-state index contributed by atoms with van der Waals surface area (Å²) in [7, 11) is -3.56. The van der Waals surface area contributed by atoms with Gasteiger partial charge in [0, 0.05) is 19.1 Å². The van der Waals surface area contributed by atoms with Crippen LogP contribution in [0.5, 0.6) is 0 Å². The van der Waals surface area contributed by atoms with Gasteiger partial charge in [-0.2, -0.15) is 4.31 Å². The molecule has 1 aromatic rings. The Kier molecular flexibility index (Phi) is 5.73. The van der Waals surface area contributed by atoms with Gasteiger partial charge in [-0.25, -0.2) is 8.42 Å². The van der Waals surface area contributed by atoms with Gasteiger partial charge < -0.3 is 5.73 Å². The highest BCUT2D eigenvalue weighted by atomic mass is 35.5. The van der Waals surface area contributed by atoms with E-state index >= 15 is 0 Å². The summed E-state index contributed by atoms with van der Waals surface area (Å²) in [5.74, 6) is 0. The van der Waals surface area contributed by atoms with E-state index in [0.29, 0.717) is 19.5 Å². The molecule has 1 fully saturated rings. The lowest BCUT2D eigenvalue weighted by Crippen LogP contribution is -2.53. The molecule has 1 saturated heterocycles. The van der Waals surface area contributed by atoms with Crippen LogP contribution in [-0.4, -0.2) is 31.9 Å². The maximum Gasteiger partial charge on any atom is 0.244 e. The molecular weight excluding hydrogens is 331 g/mol. The van der Waals surface area contributed by atoms with E-state index < -0.39 is 10.0 Å². The van der Waals surface area contributed by atoms with Crippen LogP contribution in [0.3, 0.4) is 0 Å². The van der Waals surface area contributed by atoms with Crippen molar-refractivity contribution in [1.29, 1.82) is 0 Å². The number of hydrogen-bond acceptors (Lipinski definition) is 3. The van der Waals surface area contributed by atoms with Crippen molar-refractivity contribution >= 4 is 34.0 Å². The molecule has 0 aromatic heterocycles. The fourth-order valence-corrected chi connectivity index (χ4v) is 4.68. The minimum absolute atomic E-state index is 0. The summed E-state index contributed by atoms with van der Waals surface area (Å²) in [5.41, 5.74) is 6.77. The van der Waals surface area contributed by atoms with Crippen LogP contribution in [0.1, 0.15) is 25.8 Å². The van der Waals surface area contributed by atoms with E-state index in [2.05, 4.69) is 0 Å². The minimum Gasteiger partial charge on any atom is -0.327 e. The highest BCUT2D eigenvalue weighted by Gasteiger charge is 2.39. The van der Waals surface area contributed by atoms with Crippen LogP contribution >= 0.6 is 24.0 Å². The van der Waals surface area contributed by atoms with Crippen molar-refractivity contribution < 1.29 is 8.42 Å². The van der Waals surface area contributed by atoms with Gasteiger partial charge in [-0.05, 0) is 36.5 Å². The number of sulfonamides is 1. The number of nitrogens with zero attached hydrogens (tertiary/aromatic N) is 1. The largest absolute Gasteiger partial charge is 0.327 e. The molecule has 1 unspecified atom stereocenters. The first-order valence-electron chi connectivity index (χ1n) is 6.66. The summed E-state index contributed by atoms with van der Waals surface area (Å²) < 4.78 is 26.9. The SMILES string of the molecule is Cc1ccc(S(=O)(=O)N2CCC(N)C(C)(C)C2)c(Cl)c1.Cl. The number of benzene rings is 1. The third kappa shape index (κ3) is 3.71. The van der Waals surface area contributed by atoms with Crippen molar-refractivity contribution in [2.75, 3.05) is 13.1 Å². The van der Waals surface area contributed by atoms with Crippen molar-refractivity contribution in [3.63, 3.8) is 0 Å². The molecule has 1 aliphatic heterocycles. The zero-order valence-electron chi connectivity index (χ0n) is 12.5. The first-order valence-corrected chi connectivity index (χ1v) is 8.48. The van der Waals surface area contributed by atoms with Gasteiger partial charge in [0.1, 0.15) is 4.90 Å². The molecule has 0 amide bonds. The Morgan fingerprint density at radius 2 is 2.00 bits per heavy atom. The number of halogens is 2. The smallest absolute Gasteiger partial charge is 0.244 e. The Balaban J connectivity index is 0.00000220. The van der Waals surface area contributed by atoms with E-state index in [0.717, 1.165) is 5.56 Å². The van der Waals surface area contributed by atoms with Crippen LogP contribution in [0.4, 0.5) is 0 Å². The van der Waals surface area contributed by atoms with Crippen LogP contribution in [-0.2, 0) is 10.0 Å². The van der Waals surface area contributed by atoms with Crippen LogP contribution < -0.4 is 5.73 Å². The standard InChI is InChI=1S/C14H21ClN2O2S.ClH/c1-10-4-5-12(11(15)8-10)20(18,19)17-7-6-13(16)14(2,3)9-17;/h4-5,8,13H,6-7,9,16H2,1-3H3;1H. The number of nitrogens with two attached hydrogens (primary N) is 1. The summed E-state index contributed by atoms with van der Waals surface area (Å²) in [6.45, 7) is 6.73. The van der Waals surface area contributed by atoms with Gasteiger partial charge >= 0.3 is 0 Å². The Labute approximate surface area is 138 Å². The number of piperidine rings is 1. The lowest BCUT2D eigenvalue weighted by Gasteiger charge is -2.41. The molecular formula is C14H22Cl2N2O2S. The first kappa shape index (κ1) is 18.7. The summed E-state index contributed by atoms with van der Waals surface area (Å²) in [4.78, 5) is 0.177. The van der Waals surface area contributed by atoms with E-state index in [1.54, 1.807) is 18.2 Å². The van der Waals surface area contributed by atoms with Crippen LogP contribution in [0.25, 0.3) is 0 Å². The molecule has 21 heavy (non-hydrogen) atoms. The van der Waals surface area contributed by atoms with Crippen LogP contribution in [0, 0.1) is 12.3 Å². The average molecular weight is 353 g/mol. The molecule has 0 radical (unpaired) electrons. The highest BCUT2D eigenvalue weighted by Crippen LogP contribution is 2.33. The predicted octanol–water partition coefficient (Wildman–Crippen LogP) is 2.82. The fourth-order valence-electron chi connectivity index (χ4n) is 2.48. The normalized spacial score (nSPS) is 22.6. The van der Waals surface area contributed by atoms with E-state index in [4.69, 9.17) is 17.3 Å². The lowest BCUT2D eigenvalue weighted by atomic mass is 9.81. The molecule has 0 saturated carbocycles. The molecule has 0 aliphatic carbocycles. The van der Waals surface area contributed by atoms with Gasteiger partial charge in [-0.15, -0.1) is 12.4 Å². The Hall–Kier alpha value is -0.330. The zero-order valence-corrected chi connectivity index (χ0v) is 14.9. The fraction of sp³-hybridized carbons (Fsp3) is 0.571. The van der Waals surface area contributed by atoms with E-state index in [1.807, 2.05) is 20.8 Å². The zero-order chi connectivity index (χ0) is 15.1. The van der Waals surface area contributed by atoms with Crippen LogP contribution in [0.2, 0.25) is 5.02 Å². The van der Waals surface area contributed by atoms with Crippen LogP contribution in [0.15, 0.2) is 23.1 Å². The van der Waals surface area contributed by atoms with Gasteiger partial charge in [0.2, 0.25) is 10.0 Å². The van der Waals surface area contributed by atoms with Gasteiger partial charge in [0.15, 0.2) is 0 Å². The second kappa shape index (κ2) is 6.42. The number of aryl methyl sites for hydroxylation is 1. The molecule has 0 spiro atoms. The first-order chi connectivity index (χ1) is 9.14. The van der Waals surface area contributed by atoms with Gasteiger partial charge in [0.05, 0.1) is 5.02 Å². The number of rotatable bonds is 2. The van der Waals surface area contributed by atoms with Crippen molar-refractivity contribution in [2.24, 2.45) is 11.1 Å². The monoisotopic (exact) mass is 352 g/mol. The van der Waals surface area contributed by atoms with Gasteiger partial charge in [-0.1, -0.05) is 31.5 Å². The molecule has 1 heterocycles. The second-order valence-corrected chi connectivity index (χ2v) is 8.47. The molecule has 2 N–H and O–H groups in total. The molecule has 1 aromatic carbocycles. The molecule has 120 valence electrons. The molecule has 2 rings (SSSR count). The van der Waals surface area contributed by atoms with E-state index in [1.165, 1.54) is 4.31 Å². The molecule has 4 nitrogen and oxygen atoms in total. The number of hydrogen-bond donors (Lipinski definition) is 1. The summed E-state index contributed by atoms with van der Waals surface area (Å²) >= 11 is 6.10. The van der Waals surface area contributed by atoms with Gasteiger partial charge in [0.25, 0.3) is 0 Å². The van der Waals surface area contributed by atoms with Crippen molar-refractivity contribution in [2.45, 2.75) is 38.1 Å². The molecule has 0 bridgehead atoms. The highest BCUT2D eigenvalue weighted by molar-refractivity contribution is 7.89.